The summed E-state index contributed by atoms with van der Waals surface area (Å²) in [7, 11) is -1.70. The third kappa shape index (κ3) is 2.42. The van der Waals surface area contributed by atoms with Crippen LogP contribution in [-0.4, -0.2) is 33.4 Å². The molecular weight excluding hydrogens is 190 g/mol. The molecule has 1 aliphatic rings. The van der Waals surface area contributed by atoms with Gasteiger partial charge in [0.1, 0.15) is 5.25 Å². The van der Waals surface area contributed by atoms with Gasteiger partial charge >= 0.3 is 0 Å². The Balaban J connectivity index is 2.60. The van der Waals surface area contributed by atoms with Crippen LogP contribution in [0.5, 0.6) is 0 Å². The highest BCUT2D eigenvalue weighted by Crippen LogP contribution is 2.24. The lowest BCUT2D eigenvalue weighted by molar-refractivity contribution is 0.0759. The van der Waals surface area contributed by atoms with Crippen molar-refractivity contribution in [2.75, 3.05) is 13.7 Å². The van der Waals surface area contributed by atoms with Gasteiger partial charge in [0.25, 0.3) is 0 Å². The second-order valence-electron chi connectivity index (χ2n) is 3.72. The molecule has 1 fully saturated rings. The second-order valence-corrected chi connectivity index (χ2v) is 5.89. The third-order valence-electron chi connectivity index (χ3n) is 2.46. The van der Waals surface area contributed by atoms with Crippen LogP contribution in [0, 0.1) is 5.92 Å². The van der Waals surface area contributed by atoms with E-state index in [2.05, 4.69) is 4.72 Å². The molecule has 0 bridgehead atoms. The summed E-state index contributed by atoms with van der Waals surface area (Å²) >= 11 is 0. The molecular formula is C8H17NO3S. The molecule has 4 nitrogen and oxygen atoms in total. The molecule has 2 atom stereocenters. The lowest BCUT2D eigenvalue weighted by atomic mass is 10.1. The topological polar surface area (TPSA) is 55.4 Å². The van der Waals surface area contributed by atoms with Crippen LogP contribution >= 0.6 is 0 Å². The fraction of sp³-hybridized carbons (Fsp3) is 1.00. The van der Waals surface area contributed by atoms with Crippen LogP contribution < -0.4 is 4.72 Å². The van der Waals surface area contributed by atoms with E-state index in [1.165, 1.54) is 7.05 Å². The van der Waals surface area contributed by atoms with E-state index in [-0.39, 0.29) is 11.4 Å². The van der Waals surface area contributed by atoms with Crippen LogP contribution in [0.4, 0.5) is 0 Å². The maximum atomic E-state index is 11.4. The number of rotatable bonds is 3. The minimum atomic E-state index is -3.14. The molecule has 1 aliphatic heterocycles. The highest BCUT2D eigenvalue weighted by molar-refractivity contribution is 7.90. The minimum Gasteiger partial charge on any atom is -0.377 e. The smallest absolute Gasteiger partial charge is 0.216 e. The average Bonchev–Trinajstić information content (AvgIpc) is 2.52. The van der Waals surface area contributed by atoms with Crippen molar-refractivity contribution in [1.29, 1.82) is 0 Å². The van der Waals surface area contributed by atoms with Crippen LogP contribution in [-0.2, 0) is 14.8 Å². The van der Waals surface area contributed by atoms with E-state index in [4.69, 9.17) is 4.74 Å². The largest absolute Gasteiger partial charge is 0.377 e. The maximum absolute atomic E-state index is 11.4. The van der Waals surface area contributed by atoms with E-state index in [1.807, 2.05) is 13.8 Å². The maximum Gasteiger partial charge on any atom is 0.216 e. The van der Waals surface area contributed by atoms with Gasteiger partial charge in [-0.15, -0.1) is 0 Å². The molecule has 0 amide bonds. The summed E-state index contributed by atoms with van der Waals surface area (Å²) in [4.78, 5) is 0. The van der Waals surface area contributed by atoms with Gasteiger partial charge in [0, 0.05) is 0 Å². The van der Waals surface area contributed by atoms with E-state index in [0.717, 1.165) is 0 Å². The van der Waals surface area contributed by atoms with Crippen molar-refractivity contribution in [1.82, 2.24) is 4.72 Å². The molecule has 0 radical (unpaired) electrons. The molecule has 0 spiro atoms. The van der Waals surface area contributed by atoms with Crippen molar-refractivity contribution in [3.8, 4) is 0 Å². The molecule has 0 aromatic heterocycles. The van der Waals surface area contributed by atoms with Crippen molar-refractivity contribution in [3.05, 3.63) is 0 Å². The first-order valence-electron chi connectivity index (χ1n) is 4.51. The van der Waals surface area contributed by atoms with E-state index >= 15 is 0 Å². The zero-order chi connectivity index (χ0) is 10.1. The molecule has 1 saturated heterocycles. The van der Waals surface area contributed by atoms with Crippen molar-refractivity contribution in [3.63, 3.8) is 0 Å². The number of hydrogen-bond donors (Lipinski definition) is 1. The fourth-order valence-electron chi connectivity index (χ4n) is 1.47. The van der Waals surface area contributed by atoms with Crippen LogP contribution in [0.1, 0.15) is 20.3 Å². The van der Waals surface area contributed by atoms with Gasteiger partial charge in [-0.25, -0.2) is 13.1 Å². The van der Waals surface area contributed by atoms with Gasteiger partial charge in [-0.2, -0.15) is 0 Å². The number of hydrogen-bond acceptors (Lipinski definition) is 3. The second kappa shape index (κ2) is 3.94. The highest BCUT2D eigenvalue weighted by atomic mass is 32.2. The number of nitrogens with one attached hydrogen (secondary N) is 1. The molecule has 0 aromatic rings. The van der Waals surface area contributed by atoms with Gasteiger partial charge in [-0.3, -0.25) is 0 Å². The number of ether oxygens (including phenoxy) is 1. The van der Waals surface area contributed by atoms with Gasteiger partial charge in [-0.05, 0) is 19.4 Å². The third-order valence-corrected chi connectivity index (χ3v) is 4.23. The van der Waals surface area contributed by atoms with Crippen LogP contribution in [0.25, 0.3) is 0 Å². The summed E-state index contributed by atoms with van der Waals surface area (Å²) in [5, 5.41) is -0.370. The van der Waals surface area contributed by atoms with Crippen LogP contribution in [0.2, 0.25) is 0 Å². The first-order valence-corrected chi connectivity index (χ1v) is 6.06. The quantitative estimate of drug-likeness (QED) is 0.726. The van der Waals surface area contributed by atoms with Gasteiger partial charge < -0.3 is 4.74 Å². The SMILES string of the molecule is CNS(=O)(=O)C1COC(C(C)C)C1. The van der Waals surface area contributed by atoms with Gasteiger partial charge in [0.15, 0.2) is 0 Å². The van der Waals surface area contributed by atoms with E-state index in [1.54, 1.807) is 0 Å². The summed E-state index contributed by atoms with van der Waals surface area (Å²) in [6.45, 7) is 4.41. The monoisotopic (exact) mass is 207 g/mol. The zero-order valence-electron chi connectivity index (χ0n) is 8.28. The van der Waals surface area contributed by atoms with Gasteiger partial charge in [0.2, 0.25) is 10.0 Å². The lowest BCUT2D eigenvalue weighted by Gasteiger charge is -2.12. The molecule has 1 N–H and O–H groups in total. The normalized spacial score (nSPS) is 29.8. The zero-order valence-corrected chi connectivity index (χ0v) is 9.10. The van der Waals surface area contributed by atoms with Crippen LogP contribution in [0.15, 0.2) is 0 Å². The number of sulfonamides is 1. The average molecular weight is 207 g/mol. The van der Waals surface area contributed by atoms with Crippen molar-refractivity contribution >= 4 is 10.0 Å². The van der Waals surface area contributed by atoms with Gasteiger partial charge in [-0.1, -0.05) is 13.8 Å². The Morgan fingerprint density at radius 2 is 2.08 bits per heavy atom. The minimum absolute atomic E-state index is 0.0909. The molecule has 0 aliphatic carbocycles. The predicted octanol–water partition coefficient (Wildman–Crippen LogP) is 0.349. The molecule has 13 heavy (non-hydrogen) atoms. The molecule has 1 rings (SSSR count). The molecule has 0 aromatic carbocycles. The summed E-state index contributed by atoms with van der Waals surface area (Å²) in [6.07, 6.45) is 0.703. The Morgan fingerprint density at radius 1 is 1.46 bits per heavy atom. The van der Waals surface area contributed by atoms with Crippen molar-refractivity contribution < 1.29 is 13.2 Å². The lowest BCUT2D eigenvalue weighted by Crippen LogP contribution is -2.32. The predicted molar refractivity (Wildman–Crippen MR) is 51.0 cm³/mol. The summed E-state index contributed by atoms with van der Waals surface area (Å²) in [5.74, 6) is 0.386. The summed E-state index contributed by atoms with van der Waals surface area (Å²) in [6, 6.07) is 0. The Morgan fingerprint density at radius 3 is 2.46 bits per heavy atom. The molecule has 2 unspecified atom stereocenters. The van der Waals surface area contributed by atoms with Crippen LogP contribution in [0.3, 0.4) is 0 Å². The first kappa shape index (κ1) is 10.9. The fourth-order valence-corrected chi connectivity index (χ4v) is 2.51. The molecule has 1 heterocycles. The van der Waals surface area contributed by atoms with E-state index in [0.29, 0.717) is 18.9 Å². The summed E-state index contributed by atoms with van der Waals surface area (Å²) in [5.41, 5.74) is 0. The Labute approximate surface area is 79.7 Å². The van der Waals surface area contributed by atoms with Crippen molar-refractivity contribution in [2.45, 2.75) is 31.6 Å². The van der Waals surface area contributed by atoms with E-state index in [9.17, 15) is 8.42 Å². The summed E-state index contributed by atoms with van der Waals surface area (Å²) < 4.78 is 30.5. The van der Waals surface area contributed by atoms with Gasteiger partial charge in [0.05, 0.1) is 12.7 Å². The Bertz CT molecular complexity index is 261. The Kier molecular flexibility index (Phi) is 3.32. The van der Waals surface area contributed by atoms with Crippen molar-refractivity contribution in [2.24, 2.45) is 5.92 Å². The van der Waals surface area contributed by atoms with E-state index < -0.39 is 10.0 Å². The molecule has 5 heteroatoms. The highest BCUT2D eigenvalue weighted by Gasteiger charge is 2.35. The first-order chi connectivity index (χ1) is 5.97. The molecule has 78 valence electrons. The molecule has 0 saturated carbocycles. The Hall–Kier alpha value is -0.130. The standard InChI is InChI=1S/C8H17NO3S/c1-6(2)8-4-7(5-12-8)13(10,11)9-3/h6-9H,4-5H2,1-3H3.